The number of amides is 1. The van der Waals surface area contributed by atoms with Crippen molar-refractivity contribution in [3.8, 4) is 21.8 Å². The van der Waals surface area contributed by atoms with Crippen LogP contribution in [0.2, 0.25) is 0 Å². The Morgan fingerprint density at radius 3 is 2.53 bits per heavy atom. The first-order valence-electron chi connectivity index (χ1n) is 11.9. The van der Waals surface area contributed by atoms with E-state index in [0.717, 1.165) is 33.8 Å². The Kier molecular flexibility index (Phi) is 8.13. The van der Waals surface area contributed by atoms with Gasteiger partial charge < -0.3 is 15.1 Å². The van der Waals surface area contributed by atoms with Crippen molar-refractivity contribution < 1.29 is 18.0 Å². The van der Waals surface area contributed by atoms with Gasteiger partial charge in [0.15, 0.2) is 0 Å². The van der Waals surface area contributed by atoms with Crippen LogP contribution < -0.4 is 10.2 Å². The fourth-order valence-corrected chi connectivity index (χ4v) is 4.62. The van der Waals surface area contributed by atoms with Gasteiger partial charge >= 0.3 is 6.18 Å². The number of thiazole rings is 1. The van der Waals surface area contributed by atoms with Crippen LogP contribution in [0.5, 0.6) is 0 Å². The standard InChI is InChI=1S/C28H28F3N5OS/c1-18-7-8-19(12-24(18)25-17-38-27(34-25)20-6-5-9-32-16-20)26(37)33-22-13-21(28(29,30)31)14-23(15-22)36(4)11-10-35(2)3/h5-9,12-17H,10-11H2,1-4H3,(H,33,37). The number of anilines is 2. The van der Waals surface area contributed by atoms with Gasteiger partial charge in [-0.05, 0) is 69.0 Å². The number of halogens is 3. The lowest BCUT2D eigenvalue weighted by Gasteiger charge is -2.23. The number of rotatable bonds is 8. The van der Waals surface area contributed by atoms with E-state index in [2.05, 4.69) is 10.3 Å². The molecular formula is C28H28F3N5OS. The highest BCUT2D eigenvalue weighted by atomic mass is 32.1. The van der Waals surface area contributed by atoms with Crippen LogP contribution >= 0.6 is 11.3 Å². The van der Waals surface area contributed by atoms with Crippen LogP contribution in [0, 0.1) is 6.92 Å². The highest BCUT2D eigenvalue weighted by Crippen LogP contribution is 2.35. The van der Waals surface area contributed by atoms with Crippen molar-refractivity contribution in [2.75, 3.05) is 44.4 Å². The third kappa shape index (κ3) is 6.56. The van der Waals surface area contributed by atoms with Crippen molar-refractivity contribution in [2.24, 2.45) is 0 Å². The zero-order valence-corrected chi connectivity index (χ0v) is 22.3. The number of hydrogen-bond acceptors (Lipinski definition) is 6. The number of aromatic nitrogens is 2. The van der Waals surface area contributed by atoms with E-state index >= 15 is 0 Å². The maximum absolute atomic E-state index is 13.6. The van der Waals surface area contributed by atoms with Crippen molar-refractivity contribution in [2.45, 2.75) is 13.1 Å². The van der Waals surface area contributed by atoms with Crippen LogP contribution in [0.3, 0.4) is 0 Å². The second-order valence-corrected chi connectivity index (χ2v) is 10.1. The summed E-state index contributed by atoms with van der Waals surface area (Å²) in [6.45, 7) is 3.11. The summed E-state index contributed by atoms with van der Waals surface area (Å²) < 4.78 is 40.9. The molecule has 0 spiro atoms. The molecule has 0 atom stereocenters. The number of hydrogen-bond donors (Lipinski definition) is 1. The minimum Gasteiger partial charge on any atom is -0.373 e. The summed E-state index contributed by atoms with van der Waals surface area (Å²) in [5.41, 5.74) is 3.25. The van der Waals surface area contributed by atoms with E-state index in [1.54, 1.807) is 48.6 Å². The monoisotopic (exact) mass is 539 g/mol. The number of likely N-dealkylation sites (N-methyl/N-ethyl adjacent to an activating group) is 2. The summed E-state index contributed by atoms with van der Waals surface area (Å²) in [6.07, 6.45) is -1.12. The van der Waals surface area contributed by atoms with Crippen molar-refractivity contribution >= 4 is 28.6 Å². The zero-order chi connectivity index (χ0) is 27.4. The molecule has 2 heterocycles. The van der Waals surface area contributed by atoms with Gasteiger partial charge in [0.2, 0.25) is 0 Å². The Hall–Kier alpha value is -3.76. The highest BCUT2D eigenvalue weighted by molar-refractivity contribution is 7.13. The lowest BCUT2D eigenvalue weighted by atomic mass is 10.0. The third-order valence-electron chi connectivity index (χ3n) is 6.01. The van der Waals surface area contributed by atoms with E-state index in [1.165, 1.54) is 11.3 Å². The second-order valence-electron chi connectivity index (χ2n) is 9.25. The summed E-state index contributed by atoms with van der Waals surface area (Å²) in [4.78, 5) is 25.7. The number of pyridine rings is 1. The molecule has 198 valence electrons. The van der Waals surface area contributed by atoms with Crippen LogP contribution in [-0.4, -0.2) is 55.0 Å². The quantitative estimate of drug-likeness (QED) is 0.279. The summed E-state index contributed by atoms with van der Waals surface area (Å²) in [5, 5.41) is 5.37. The normalized spacial score (nSPS) is 11.6. The smallest absolute Gasteiger partial charge is 0.373 e. The molecule has 0 aliphatic carbocycles. The Labute approximate surface area is 223 Å². The molecule has 0 radical (unpaired) electrons. The van der Waals surface area contributed by atoms with E-state index in [0.29, 0.717) is 30.0 Å². The van der Waals surface area contributed by atoms with Crippen molar-refractivity contribution in [1.29, 1.82) is 0 Å². The lowest BCUT2D eigenvalue weighted by Crippen LogP contribution is -2.28. The van der Waals surface area contributed by atoms with Gasteiger partial charge in [-0.3, -0.25) is 9.78 Å². The Balaban J connectivity index is 1.61. The van der Waals surface area contributed by atoms with Gasteiger partial charge in [-0.15, -0.1) is 11.3 Å². The number of carbonyl (C=O) groups is 1. The molecule has 1 amide bonds. The molecule has 0 aliphatic heterocycles. The van der Waals surface area contributed by atoms with Crippen molar-refractivity contribution in [3.05, 3.63) is 83.0 Å². The first kappa shape index (κ1) is 27.3. The number of aryl methyl sites for hydroxylation is 1. The predicted octanol–water partition coefficient (Wildman–Crippen LogP) is 6.45. The van der Waals surface area contributed by atoms with Gasteiger partial charge in [-0.1, -0.05) is 6.07 Å². The third-order valence-corrected chi connectivity index (χ3v) is 6.91. The topological polar surface area (TPSA) is 61.4 Å². The molecule has 4 rings (SSSR count). The minimum absolute atomic E-state index is 0.0752. The maximum Gasteiger partial charge on any atom is 0.416 e. The van der Waals surface area contributed by atoms with E-state index in [-0.39, 0.29) is 5.69 Å². The molecule has 1 N–H and O–H groups in total. The predicted molar refractivity (Wildman–Crippen MR) is 147 cm³/mol. The number of carbonyl (C=O) groups excluding carboxylic acids is 1. The van der Waals surface area contributed by atoms with Crippen LogP contribution in [-0.2, 0) is 6.18 Å². The second kappa shape index (κ2) is 11.3. The Morgan fingerprint density at radius 1 is 1.05 bits per heavy atom. The molecule has 0 saturated carbocycles. The molecule has 0 unspecified atom stereocenters. The van der Waals surface area contributed by atoms with Gasteiger partial charge in [0.1, 0.15) is 5.01 Å². The first-order valence-corrected chi connectivity index (χ1v) is 12.8. The molecule has 10 heteroatoms. The number of nitrogens with zero attached hydrogens (tertiary/aromatic N) is 4. The zero-order valence-electron chi connectivity index (χ0n) is 21.5. The summed E-state index contributed by atoms with van der Waals surface area (Å²) in [6, 6.07) is 12.5. The number of benzene rings is 2. The van der Waals surface area contributed by atoms with Crippen LogP contribution in [0.1, 0.15) is 21.5 Å². The fraction of sp³-hybridized carbons (Fsp3) is 0.250. The van der Waals surface area contributed by atoms with Gasteiger partial charge in [-0.2, -0.15) is 13.2 Å². The van der Waals surface area contributed by atoms with Crippen molar-refractivity contribution in [3.63, 3.8) is 0 Å². The molecular weight excluding hydrogens is 511 g/mol. The summed E-state index contributed by atoms with van der Waals surface area (Å²) >= 11 is 1.47. The Morgan fingerprint density at radius 2 is 1.84 bits per heavy atom. The summed E-state index contributed by atoms with van der Waals surface area (Å²) in [5.74, 6) is -0.504. The molecule has 6 nitrogen and oxygen atoms in total. The Bertz CT molecular complexity index is 1420. The van der Waals surface area contributed by atoms with E-state index in [1.807, 2.05) is 43.4 Å². The van der Waals surface area contributed by atoms with Crippen LogP contribution in [0.25, 0.3) is 21.8 Å². The number of alkyl halides is 3. The van der Waals surface area contributed by atoms with Gasteiger partial charge in [-0.25, -0.2) is 4.98 Å². The molecule has 0 bridgehead atoms. The minimum atomic E-state index is -4.55. The van der Waals surface area contributed by atoms with Crippen molar-refractivity contribution in [1.82, 2.24) is 14.9 Å². The molecule has 38 heavy (non-hydrogen) atoms. The summed E-state index contributed by atoms with van der Waals surface area (Å²) in [7, 11) is 5.52. The SMILES string of the molecule is Cc1ccc(C(=O)Nc2cc(N(C)CCN(C)C)cc(C(F)(F)F)c2)cc1-c1csc(-c2cccnc2)n1. The average molecular weight is 540 g/mol. The number of nitrogens with one attached hydrogen (secondary N) is 1. The van der Waals surface area contributed by atoms with Gasteiger partial charge in [0.25, 0.3) is 5.91 Å². The van der Waals surface area contributed by atoms with E-state index in [9.17, 15) is 18.0 Å². The van der Waals surface area contributed by atoms with Gasteiger partial charge in [0.05, 0.1) is 11.3 Å². The van der Waals surface area contributed by atoms with Crippen LogP contribution in [0.4, 0.5) is 24.5 Å². The molecule has 2 aromatic heterocycles. The lowest BCUT2D eigenvalue weighted by molar-refractivity contribution is -0.137. The van der Waals surface area contributed by atoms with E-state index < -0.39 is 17.6 Å². The van der Waals surface area contributed by atoms with Gasteiger partial charge in [0, 0.05) is 66.0 Å². The highest BCUT2D eigenvalue weighted by Gasteiger charge is 2.32. The van der Waals surface area contributed by atoms with E-state index in [4.69, 9.17) is 4.98 Å². The largest absolute Gasteiger partial charge is 0.416 e. The van der Waals surface area contributed by atoms with Crippen LogP contribution in [0.15, 0.2) is 66.3 Å². The molecule has 0 fully saturated rings. The maximum atomic E-state index is 13.6. The first-order chi connectivity index (χ1) is 18.0. The average Bonchev–Trinajstić information content (AvgIpc) is 3.37. The fourth-order valence-electron chi connectivity index (χ4n) is 3.81. The molecule has 4 aromatic rings. The molecule has 0 aliphatic rings. The molecule has 0 saturated heterocycles. The molecule has 2 aromatic carbocycles.